The number of nitrogens with two attached hydrogens (primary N) is 1. The van der Waals surface area contributed by atoms with Crippen molar-refractivity contribution < 1.29 is 9.21 Å². The van der Waals surface area contributed by atoms with Gasteiger partial charge in [0, 0.05) is 12.5 Å². The number of carbonyl (C=O) groups excluding carboxylic acids is 1. The highest BCUT2D eigenvalue weighted by Gasteiger charge is 2.25. The number of rotatable bonds is 4. The fourth-order valence-corrected chi connectivity index (χ4v) is 2.66. The highest BCUT2D eigenvalue weighted by Crippen LogP contribution is 2.25. The van der Waals surface area contributed by atoms with Gasteiger partial charge in [-0.3, -0.25) is 4.79 Å². The number of oxazole rings is 1. The third kappa shape index (κ3) is 3.80. The number of hydrogen-bond acceptors (Lipinski definition) is 4. The van der Waals surface area contributed by atoms with Crippen LogP contribution >= 0.6 is 0 Å². The van der Waals surface area contributed by atoms with Crippen LogP contribution in [0, 0.1) is 12.8 Å². The molecule has 3 N–H and O–H groups in total. The van der Waals surface area contributed by atoms with Gasteiger partial charge in [-0.1, -0.05) is 12.8 Å². The van der Waals surface area contributed by atoms with E-state index in [1.54, 1.807) is 6.20 Å². The molecule has 106 valence electrons. The number of nitrogens with zero attached hydrogens (tertiary/aromatic N) is 1. The molecule has 3 unspecified atom stereocenters. The molecular formula is C14H23N3O2. The maximum atomic E-state index is 12.0. The summed E-state index contributed by atoms with van der Waals surface area (Å²) in [5.41, 5.74) is 6.06. The van der Waals surface area contributed by atoms with Gasteiger partial charge in [0.15, 0.2) is 0 Å². The molecule has 3 atom stereocenters. The van der Waals surface area contributed by atoms with E-state index in [1.165, 1.54) is 12.8 Å². The predicted octanol–water partition coefficient (Wildman–Crippen LogP) is 2.07. The molecule has 0 bridgehead atoms. The van der Waals surface area contributed by atoms with Gasteiger partial charge in [-0.25, -0.2) is 4.98 Å². The van der Waals surface area contributed by atoms with Crippen molar-refractivity contribution in [3.63, 3.8) is 0 Å². The van der Waals surface area contributed by atoms with Gasteiger partial charge in [0.2, 0.25) is 11.8 Å². The fraction of sp³-hybridized carbons (Fsp3) is 0.714. The van der Waals surface area contributed by atoms with E-state index in [0.29, 0.717) is 18.2 Å². The Hall–Kier alpha value is -1.36. The summed E-state index contributed by atoms with van der Waals surface area (Å²) in [4.78, 5) is 16.1. The standard InChI is InChI=1S/C14H23N3O2/c1-9-8-16-14(19-9)10(2)17-13(18)7-11-5-3-4-6-12(11)15/h8,10-12H,3-7,15H2,1-2H3,(H,17,18). The lowest BCUT2D eigenvalue weighted by molar-refractivity contribution is -0.123. The van der Waals surface area contributed by atoms with Gasteiger partial charge in [0.1, 0.15) is 11.8 Å². The summed E-state index contributed by atoms with van der Waals surface area (Å²) >= 11 is 0. The van der Waals surface area contributed by atoms with Gasteiger partial charge in [-0.05, 0) is 32.6 Å². The van der Waals surface area contributed by atoms with Gasteiger partial charge in [0.05, 0.1) is 6.20 Å². The van der Waals surface area contributed by atoms with E-state index in [1.807, 2.05) is 13.8 Å². The number of aromatic nitrogens is 1. The molecule has 5 heteroatoms. The topological polar surface area (TPSA) is 81.2 Å². The number of hydrogen-bond donors (Lipinski definition) is 2. The minimum absolute atomic E-state index is 0.0331. The van der Waals surface area contributed by atoms with Crippen LogP contribution in [0.15, 0.2) is 10.6 Å². The highest BCUT2D eigenvalue weighted by molar-refractivity contribution is 5.76. The Labute approximate surface area is 114 Å². The minimum Gasteiger partial charge on any atom is -0.444 e. The van der Waals surface area contributed by atoms with Crippen LogP contribution in [-0.4, -0.2) is 16.9 Å². The molecule has 1 aliphatic carbocycles. The van der Waals surface area contributed by atoms with E-state index < -0.39 is 0 Å². The molecule has 1 fully saturated rings. The van der Waals surface area contributed by atoms with Crippen LogP contribution in [0.4, 0.5) is 0 Å². The molecule has 1 aromatic heterocycles. The molecule has 1 saturated carbocycles. The average Bonchev–Trinajstić information content (AvgIpc) is 2.79. The van der Waals surface area contributed by atoms with Crippen molar-refractivity contribution >= 4 is 5.91 Å². The first-order valence-corrected chi connectivity index (χ1v) is 7.03. The molecule has 0 radical (unpaired) electrons. The van der Waals surface area contributed by atoms with Crippen molar-refractivity contribution in [1.29, 1.82) is 0 Å². The predicted molar refractivity (Wildman–Crippen MR) is 72.3 cm³/mol. The van der Waals surface area contributed by atoms with Crippen molar-refractivity contribution in [2.75, 3.05) is 0 Å². The van der Waals surface area contributed by atoms with E-state index in [-0.39, 0.29) is 18.0 Å². The Bertz CT molecular complexity index is 430. The van der Waals surface area contributed by atoms with Gasteiger partial charge >= 0.3 is 0 Å². The van der Waals surface area contributed by atoms with Crippen LogP contribution in [0.25, 0.3) is 0 Å². The molecule has 0 saturated heterocycles. The third-order valence-electron chi connectivity index (χ3n) is 3.80. The molecular weight excluding hydrogens is 242 g/mol. The molecule has 0 aromatic carbocycles. The quantitative estimate of drug-likeness (QED) is 0.873. The van der Waals surface area contributed by atoms with Gasteiger partial charge < -0.3 is 15.5 Å². The van der Waals surface area contributed by atoms with E-state index in [0.717, 1.165) is 18.6 Å². The lowest BCUT2D eigenvalue weighted by Gasteiger charge is -2.28. The second kappa shape index (κ2) is 6.19. The Balaban J connectivity index is 1.83. The summed E-state index contributed by atoms with van der Waals surface area (Å²) in [7, 11) is 0. The molecule has 19 heavy (non-hydrogen) atoms. The Morgan fingerprint density at radius 2 is 2.32 bits per heavy atom. The summed E-state index contributed by atoms with van der Waals surface area (Å²) in [5, 5.41) is 2.93. The van der Waals surface area contributed by atoms with Crippen molar-refractivity contribution in [3.05, 3.63) is 17.8 Å². The lowest BCUT2D eigenvalue weighted by atomic mass is 9.83. The molecule has 1 aromatic rings. The second-order valence-corrected chi connectivity index (χ2v) is 5.51. The number of amides is 1. The molecule has 0 aliphatic heterocycles. The highest BCUT2D eigenvalue weighted by atomic mass is 16.4. The number of aryl methyl sites for hydroxylation is 1. The Kier molecular flexibility index (Phi) is 4.58. The summed E-state index contributed by atoms with van der Waals surface area (Å²) in [6.07, 6.45) is 6.62. The van der Waals surface area contributed by atoms with E-state index in [2.05, 4.69) is 10.3 Å². The second-order valence-electron chi connectivity index (χ2n) is 5.51. The van der Waals surface area contributed by atoms with Crippen molar-refractivity contribution in [3.8, 4) is 0 Å². The summed E-state index contributed by atoms with van der Waals surface area (Å²) in [6.45, 7) is 3.72. The van der Waals surface area contributed by atoms with E-state index >= 15 is 0 Å². The van der Waals surface area contributed by atoms with E-state index in [4.69, 9.17) is 10.2 Å². The van der Waals surface area contributed by atoms with Crippen LogP contribution in [0.2, 0.25) is 0 Å². The normalized spacial score (nSPS) is 25.0. The molecule has 1 aliphatic rings. The zero-order valence-corrected chi connectivity index (χ0v) is 11.7. The number of nitrogens with one attached hydrogen (secondary N) is 1. The summed E-state index contributed by atoms with van der Waals surface area (Å²) < 4.78 is 5.41. The first-order valence-electron chi connectivity index (χ1n) is 7.03. The van der Waals surface area contributed by atoms with Gasteiger partial charge in [-0.2, -0.15) is 0 Å². The molecule has 1 amide bonds. The van der Waals surface area contributed by atoms with Crippen LogP contribution in [0.3, 0.4) is 0 Å². The zero-order valence-electron chi connectivity index (χ0n) is 11.7. The number of carbonyl (C=O) groups is 1. The summed E-state index contributed by atoms with van der Waals surface area (Å²) in [5.74, 6) is 1.65. The SMILES string of the molecule is Cc1cnc(C(C)NC(=O)CC2CCCCC2N)o1. The summed E-state index contributed by atoms with van der Waals surface area (Å²) in [6, 6.07) is -0.0280. The van der Waals surface area contributed by atoms with Crippen LogP contribution in [0.5, 0.6) is 0 Å². The smallest absolute Gasteiger partial charge is 0.220 e. The first-order chi connectivity index (χ1) is 9.06. The largest absolute Gasteiger partial charge is 0.444 e. The van der Waals surface area contributed by atoms with Crippen LogP contribution in [0.1, 0.15) is 56.7 Å². The average molecular weight is 265 g/mol. The first kappa shape index (κ1) is 14.1. The van der Waals surface area contributed by atoms with Gasteiger partial charge in [0.25, 0.3) is 0 Å². The lowest BCUT2D eigenvalue weighted by Crippen LogP contribution is -2.37. The molecule has 0 spiro atoms. The van der Waals surface area contributed by atoms with Crippen molar-refractivity contribution in [2.24, 2.45) is 11.7 Å². The minimum atomic E-state index is -0.194. The maximum Gasteiger partial charge on any atom is 0.220 e. The fourth-order valence-electron chi connectivity index (χ4n) is 2.66. The van der Waals surface area contributed by atoms with Gasteiger partial charge in [-0.15, -0.1) is 0 Å². The Morgan fingerprint density at radius 3 is 2.95 bits per heavy atom. The molecule has 1 heterocycles. The maximum absolute atomic E-state index is 12.0. The van der Waals surface area contributed by atoms with Crippen LogP contribution in [-0.2, 0) is 4.79 Å². The van der Waals surface area contributed by atoms with Crippen molar-refractivity contribution in [2.45, 2.75) is 58.0 Å². The zero-order chi connectivity index (χ0) is 13.8. The molecule has 2 rings (SSSR count). The monoisotopic (exact) mass is 265 g/mol. The van der Waals surface area contributed by atoms with E-state index in [9.17, 15) is 4.79 Å². The third-order valence-corrected chi connectivity index (χ3v) is 3.80. The Morgan fingerprint density at radius 1 is 1.58 bits per heavy atom. The molecule has 5 nitrogen and oxygen atoms in total. The van der Waals surface area contributed by atoms with Crippen molar-refractivity contribution in [1.82, 2.24) is 10.3 Å². The van der Waals surface area contributed by atoms with Crippen LogP contribution < -0.4 is 11.1 Å².